The van der Waals surface area contributed by atoms with Crippen LogP contribution in [0.2, 0.25) is 0 Å². The molecule has 0 bridgehead atoms. The van der Waals surface area contributed by atoms with Gasteiger partial charge in [-0.25, -0.2) is 0 Å². The minimum Gasteiger partial charge on any atom is -0.368 e. The number of nitrogens with two attached hydrogens (primary N) is 1. The summed E-state index contributed by atoms with van der Waals surface area (Å²) in [5, 5.41) is 0. The Kier molecular flexibility index (Phi) is 4.06. The highest BCUT2D eigenvalue weighted by molar-refractivity contribution is 7.99. The molecule has 1 fully saturated rings. The van der Waals surface area contributed by atoms with Crippen molar-refractivity contribution in [2.45, 2.75) is 19.9 Å². The number of carbonyl (C=O) groups is 1. The molecule has 1 aliphatic heterocycles. The van der Waals surface area contributed by atoms with E-state index in [1.165, 1.54) is 5.75 Å². The molecule has 13 heavy (non-hydrogen) atoms. The van der Waals surface area contributed by atoms with Crippen LogP contribution in [0.3, 0.4) is 0 Å². The van der Waals surface area contributed by atoms with Crippen LogP contribution < -0.4 is 5.73 Å². The lowest BCUT2D eigenvalue weighted by molar-refractivity contribution is -0.122. The molecule has 4 heteroatoms. The van der Waals surface area contributed by atoms with Gasteiger partial charge in [-0.05, 0) is 18.6 Å². The van der Waals surface area contributed by atoms with Crippen molar-refractivity contribution in [3.8, 4) is 0 Å². The summed E-state index contributed by atoms with van der Waals surface area (Å²) < 4.78 is 0. The molecule has 0 aliphatic carbocycles. The van der Waals surface area contributed by atoms with Crippen LogP contribution in [0.15, 0.2) is 0 Å². The Labute approximate surface area is 84.0 Å². The molecule has 2 atom stereocenters. The topological polar surface area (TPSA) is 46.3 Å². The molecule has 76 valence electrons. The average Bonchev–Trinajstić information content (AvgIpc) is 2.28. The summed E-state index contributed by atoms with van der Waals surface area (Å²) in [5.74, 6) is 2.76. The SMILES string of the molecule is CC1CSCCN(C(C)C(N)=O)C1. The molecule has 1 amide bonds. The van der Waals surface area contributed by atoms with Gasteiger partial charge in [-0.15, -0.1) is 0 Å². The quantitative estimate of drug-likeness (QED) is 0.711. The Hall–Kier alpha value is -0.220. The van der Waals surface area contributed by atoms with Crippen molar-refractivity contribution in [1.29, 1.82) is 0 Å². The van der Waals surface area contributed by atoms with Crippen LogP contribution in [-0.2, 0) is 4.79 Å². The number of amides is 1. The Bertz CT molecular complexity index is 186. The lowest BCUT2D eigenvalue weighted by atomic mass is 10.1. The van der Waals surface area contributed by atoms with Crippen LogP contribution in [0, 0.1) is 5.92 Å². The maximum atomic E-state index is 11.0. The van der Waals surface area contributed by atoms with Crippen LogP contribution in [0.1, 0.15) is 13.8 Å². The molecule has 0 saturated carbocycles. The maximum absolute atomic E-state index is 11.0. The molecular weight excluding hydrogens is 184 g/mol. The van der Waals surface area contributed by atoms with E-state index in [9.17, 15) is 4.79 Å². The first-order valence-corrected chi connectivity index (χ1v) is 5.88. The molecule has 1 saturated heterocycles. The van der Waals surface area contributed by atoms with E-state index in [2.05, 4.69) is 11.8 Å². The van der Waals surface area contributed by atoms with E-state index in [-0.39, 0.29) is 11.9 Å². The van der Waals surface area contributed by atoms with Crippen molar-refractivity contribution < 1.29 is 4.79 Å². The molecule has 0 spiro atoms. The Morgan fingerprint density at radius 2 is 2.38 bits per heavy atom. The summed E-state index contributed by atoms with van der Waals surface area (Å²) >= 11 is 1.96. The van der Waals surface area contributed by atoms with E-state index in [1.807, 2.05) is 18.7 Å². The Balaban J connectivity index is 2.51. The average molecular weight is 202 g/mol. The number of nitrogens with zero attached hydrogens (tertiary/aromatic N) is 1. The fourth-order valence-electron chi connectivity index (χ4n) is 1.54. The highest BCUT2D eigenvalue weighted by Gasteiger charge is 2.22. The van der Waals surface area contributed by atoms with Gasteiger partial charge in [-0.1, -0.05) is 6.92 Å². The molecule has 1 heterocycles. The molecule has 1 rings (SSSR count). The number of hydrogen-bond donors (Lipinski definition) is 1. The van der Waals surface area contributed by atoms with Crippen molar-refractivity contribution in [3.63, 3.8) is 0 Å². The van der Waals surface area contributed by atoms with Crippen LogP contribution in [0.5, 0.6) is 0 Å². The van der Waals surface area contributed by atoms with Gasteiger partial charge in [0.25, 0.3) is 0 Å². The highest BCUT2D eigenvalue weighted by atomic mass is 32.2. The first kappa shape index (κ1) is 10.9. The second kappa shape index (κ2) is 4.86. The Morgan fingerprint density at radius 1 is 1.69 bits per heavy atom. The molecule has 3 nitrogen and oxygen atoms in total. The second-order valence-corrected chi connectivity index (χ2v) is 4.90. The molecule has 1 aliphatic rings. The van der Waals surface area contributed by atoms with Gasteiger partial charge in [0.05, 0.1) is 6.04 Å². The first-order valence-electron chi connectivity index (χ1n) is 4.72. The predicted molar refractivity (Wildman–Crippen MR) is 56.7 cm³/mol. The number of carbonyl (C=O) groups excluding carboxylic acids is 1. The van der Waals surface area contributed by atoms with Gasteiger partial charge in [0.1, 0.15) is 0 Å². The number of hydrogen-bond acceptors (Lipinski definition) is 3. The van der Waals surface area contributed by atoms with Gasteiger partial charge in [-0.2, -0.15) is 11.8 Å². The largest absolute Gasteiger partial charge is 0.368 e. The van der Waals surface area contributed by atoms with Crippen molar-refractivity contribution in [2.24, 2.45) is 11.7 Å². The fraction of sp³-hybridized carbons (Fsp3) is 0.889. The summed E-state index contributed by atoms with van der Waals surface area (Å²) in [6.07, 6.45) is 0. The Morgan fingerprint density at radius 3 is 3.00 bits per heavy atom. The smallest absolute Gasteiger partial charge is 0.234 e. The van der Waals surface area contributed by atoms with Crippen LogP contribution in [-0.4, -0.2) is 41.4 Å². The molecule has 2 N–H and O–H groups in total. The van der Waals surface area contributed by atoms with E-state index in [1.54, 1.807) is 0 Å². The third-order valence-corrected chi connectivity index (χ3v) is 3.71. The van der Waals surface area contributed by atoms with Gasteiger partial charge in [-0.3, -0.25) is 9.69 Å². The molecule has 0 radical (unpaired) electrons. The van der Waals surface area contributed by atoms with E-state index in [0.717, 1.165) is 18.8 Å². The van der Waals surface area contributed by atoms with E-state index < -0.39 is 0 Å². The molecule has 0 aromatic heterocycles. The summed E-state index contributed by atoms with van der Waals surface area (Å²) in [6, 6.07) is -0.110. The summed E-state index contributed by atoms with van der Waals surface area (Å²) in [4.78, 5) is 13.2. The van der Waals surface area contributed by atoms with Gasteiger partial charge in [0, 0.05) is 18.8 Å². The minimum atomic E-state index is -0.209. The van der Waals surface area contributed by atoms with Crippen molar-refractivity contribution in [3.05, 3.63) is 0 Å². The van der Waals surface area contributed by atoms with Gasteiger partial charge < -0.3 is 5.73 Å². The van der Waals surface area contributed by atoms with Crippen LogP contribution in [0.4, 0.5) is 0 Å². The van der Waals surface area contributed by atoms with Gasteiger partial charge >= 0.3 is 0 Å². The third kappa shape index (κ3) is 3.19. The summed E-state index contributed by atoms with van der Waals surface area (Å²) in [7, 11) is 0. The normalized spacial score (nSPS) is 28.0. The summed E-state index contributed by atoms with van der Waals surface area (Å²) in [6.45, 7) is 6.10. The summed E-state index contributed by atoms with van der Waals surface area (Å²) in [5.41, 5.74) is 5.28. The number of rotatable bonds is 2. The molecule has 2 unspecified atom stereocenters. The van der Waals surface area contributed by atoms with Gasteiger partial charge in [0.15, 0.2) is 0 Å². The van der Waals surface area contributed by atoms with Crippen LogP contribution in [0.25, 0.3) is 0 Å². The third-order valence-electron chi connectivity index (χ3n) is 2.43. The molecule has 0 aromatic carbocycles. The monoisotopic (exact) mass is 202 g/mol. The zero-order valence-electron chi connectivity index (χ0n) is 8.32. The van der Waals surface area contributed by atoms with E-state index >= 15 is 0 Å². The van der Waals surface area contributed by atoms with Crippen molar-refractivity contribution in [2.75, 3.05) is 24.6 Å². The standard InChI is InChI=1S/C9H18N2OS/c1-7-5-11(3-4-13-6-7)8(2)9(10)12/h7-8H,3-6H2,1-2H3,(H2,10,12). The maximum Gasteiger partial charge on any atom is 0.234 e. The van der Waals surface area contributed by atoms with Crippen molar-refractivity contribution >= 4 is 17.7 Å². The molecule has 0 aromatic rings. The zero-order chi connectivity index (χ0) is 9.84. The lowest BCUT2D eigenvalue weighted by Gasteiger charge is -2.26. The van der Waals surface area contributed by atoms with Gasteiger partial charge in [0.2, 0.25) is 5.91 Å². The first-order chi connectivity index (χ1) is 6.11. The zero-order valence-corrected chi connectivity index (χ0v) is 9.14. The highest BCUT2D eigenvalue weighted by Crippen LogP contribution is 2.16. The lowest BCUT2D eigenvalue weighted by Crippen LogP contribution is -2.44. The minimum absolute atomic E-state index is 0.110. The molecular formula is C9H18N2OS. The van der Waals surface area contributed by atoms with E-state index in [0.29, 0.717) is 5.92 Å². The van der Waals surface area contributed by atoms with Crippen molar-refractivity contribution in [1.82, 2.24) is 4.90 Å². The number of primary amides is 1. The van der Waals surface area contributed by atoms with E-state index in [4.69, 9.17) is 5.73 Å². The second-order valence-electron chi connectivity index (χ2n) is 3.75. The fourth-order valence-corrected chi connectivity index (χ4v) is 2.58. The number of thioether (sulfide) groups is 1. The van der Waals surface area contributed by atoms with Crippen LogP contribution >= 0.6 is 11.8 Å². The predicted octanol–water partition coefficient (Wildman–Crippen LogP) is 0.545.